The summed E-state index contributed by atoms with van der Waals surface area (Å²) in [6, 6.07) is 7.44. The van der Waals surface area contributed by atoms with Crippen molar-refractivity contribution in [2.45, 2.75) is 19.4 Å². The molecular weight excluding hydrogens is 419 g/mol. The zero-order valence-electron chi connectivity index (χ0n) is 11.1. The molecule has 1 amide bonds. The third kappa shape index (κ3) is 3.20. The maximum Gasteiger partial charge on any atom is 0.227 e. The van der Waals surface area contributed by atoms with Crippen molar-refractivity contribution in [2.24, 2.45) is 0 Å². The quantitative estimate of drug-likeness (QED) is 0.754. The van der Waals surface area contributed by atoms with Gasteiger partial charge in [-0.3, -0.25) is 4.79 Å². The molecule has 0 atom stereocenters. The number of hydrogen-bond acceptors (Lipinski definition) is 1. The smallest absolute Gasteiger partial charge is 0.227 e. The van der Waals surface area contributed by atoms with Crippen LogP contribution in [0.3, 0.4) is 0 Å². The summed E-state index contributed by atoms with van der Waals surface area (Å²) in [5.41, 5.74) is 3.35. The SMILES string of the molecule is O=C(Cc1ccc(Cl)cc1)N1CCc2[nH]c(Br)c(Br)c2C1. The average Bonchev–Trinajstić information content (AvgIpc) is 2.76. The molecule has 1 aromatic heterocycles. The van der Waals surface area contributed by atoms with Crippen LogP contribution in [0.1, 0.15) is 16.8 Å². The fraction of sp³-hybridized carbons (Fsp3) is 0.267. The summed E-state index contributed by atoms with van der Waals surface area (Å²) < 4.78 is 1.96. The Kier molecular flexibility index (Phi) is 4.43. The van der Waals surface area contributed by atoms with Gasteiger partial charge in [0.25, 0.3) is 0 Å². The summed E-state index contributed by atoms with van der Waals surface area (Å²) in [4.78, 5) is 17.6. The first-order chi connectivity index (χ1) is 10.0. The molecule has 1 aliphatic heterocycles. The Morgan fingerprint density at radius 1 is 1.29 bits per heavy atom. The second-order valence-corrected chi connectivity index (χ2v) is 7.10. The van der Waals surface area contributed by atoms with E-state index in [2.05, 4.69) is 36.8 Å². The molecule has 0 unspecified atom stereocenters. The van der Waals surface area contributed by atoms with Crippen molar-refractivity contribution in [1.29, 1.82) is 0 Å². The van der Waals surface area contributed by atoms with Crippen LogP contribution >= 0.6 is 43.5 Å². The minimum Gasteiger partial charge on any atom is -0.352 e. The largest absolute Gasteiger partial charge is 0.352 e. The van der Waals surface area contributed by atoms with E-state index in [1.54, 1.807) is 0 Å². The summed E-state index contributed by atoms with van der Waals surface area (Å²) in [6.45, 7) is 1.39. The van der Waals surface area contributed by atoms with Crippen LogP contribution in [0.5, 0.6) is 0 Å². The van der Waals surface area contributed by atoms with Crippen molar-refractivity contribution in [1.82, 2.24) is 9.88 Å². The predicted octanol–water partition coefficient (Wildman–Crippen LogP) is 4.32. The Hall–Kier alpha value is -0.780. The molecule has 0 aliphatic carbocycles. The van der Waals surface area contributed by atoms with Gasteiger partial charge in [0.15, 0.2) is 0 Å². The zero-order chi connectivity index (χ0) is 15.0. The molecule has 0 radical (unpaired) electrons. The molecular formula is C15H13Br2ClN2O. The van der Waals surface area contributed by atoms with Crippen molar-refractivity contribution in [3.05, 3.63) is 55.2 Å². The summed E-state index contributed by atoms with van der Waals surface area (Å²) in [6.07, 6.45) is 1.27. The van der Waals surface area contributed by atoms with Crippen molar-refractivity contribution < 1.29 is 4.79 Å². The highest BCUT2D eigenvalue weighted by Crippen LogP contribution is 2.33. The number of benzene rings is 1. The van der Waals surface area contributed by atoms with Crippen molar-refractivity contribution in [3.8, 4) is 0 Å². The Morgan fingerprint density at radius 2 is 2.00 bits per heavy atom. The number of halogens is 3. The van der Waals surface area contributed by atoms with E-state index < -0.39 is 0 Å². The van der Waals surface area contributed by atoms with E-state index in [0.29, 0.717) is 18.0 Å². The van der Waals surface area contributed by atoms with Gasteiger partial charge in [-0.05, 0) is 49.6 Å². The second-order valence-electron chi connectivity index (χ2n) is 5.08. The van der Waals surface area contributed by atoms with Gasteiger partial charge in [0, 0.05) is 35.8 Å². The number of rotatable bonds is 2. The van der Waals surface area contributed by atoms with Gasteiger partial charge < -0.3 is 9.88 Å². The number of H-pyrrole nitrogens is 1. The van der Waals surface area contributed by atoms with Crippen LogP contribution < -0.4 is 0 Å². The van der Waals surface area contributed by atoms with Crippen molar-refractivity contribution in [2.75, 3.05) is 6.54 Å². The normalized spacial score (nSPS) is 14.1. The van der Waals surface area contributed by atoms with Crippen LogP contribution in [-0.4, -0.2) is 22.3 Å². The third-order valence-corrected chi connectivity index (χ3v) is 5.94. The van der Waals surface area contributed by atoms with Gasteiger partial charge in [0.05, 0.1) is 15.5 Å². The van der Waals surface area contributed by atoms with Crippen LogP contribution in [0.25, 0.3) is 0 Å². The Bertz CT molecular complexity index is 682. The van der Waals surface area contributed by atoms with Crippen LogP contribution in [0.4, 0.5) is 0 Å². The minimum absolute atomic E-state index is 0.146. The van der Waals surface area contributed by atoms with Crippen LogP contribution in [0.2, 0.25) is 5.02 Å². The molecule has 2 heterocycles. The Labute approximate surface area is 144 Å². The summed E-state index contributed by atoms with van der Waals surface area (Å²) in [5.74, 6) is 0.146. The van der Waals surface area contributed by atoms with E-state index in [-0.39, 0.29) is 5.91 Å². The van der Waals surface area contributed by atoms with Gasteiger partial charge in [0.2, 0.25) is 5.91 Å². The number of aromatic nitrogens is 1. The van der Waals surface area contributed by atoms with Gasteiger partial charge in [-0.25, -0.2) is 0 Å². The molecule has 1 aromatic carbocycles. The van der Waals surface area contributed by atoms with Crippen molar-refractivity contribution in [3.63, 3.8) is 0 Å². The highest BCUT2D eigenvalue weighted by Gasteiger charge is 2.25. The van der Waals surface area contributed by atoms with E-state index in [4.69, 9.17) is 11.6 Å². The van der Waals surface area contributed by atoms with Crippen LogP contribution in [0.15, 0.2) is 33.3 Å². The first kappa shape index (κ1) is 15.1. The number of aromatic amines is 1. The van der Waals surface area contributed by atoms with Gasteiger partial charge in [-0.15, -0.1) is 0 Å². The fourth-order valence-corrected chi connectivity index (χ4v) is 3.59. The lowest BCUT2D eigenvalue weighted by Crippen LogP contribution is -2.36. The highest BCUT2D eigenvalue weighted by molar-refractivity contribution is 9.13. The van der Waals surface area contributed by atoms with Gasteiger partial charge >= 0.3 is 0 Å². The zero-order valence-corrected chi connectivity index (χ0v) is 15.1. The molecule has 110 valence electrons. The van der Waals surface area contributed by atoms with Crippen LogP contribution in [-0.2, 0) is 24.2 Å². The lowest BCUT2D eigenvalue weighted by atomic mass is 10.1. The van der Waals surface area contributed by atoms with Gasteiger partial charge in [0.1, 0.15) is 0 Å². The Balaban J connectivity index is 1.72. The van der Waals surface area contributed by atoms with E-state index in [0.717, 1.165) is 33.2 Å². The number of carbonyl (C=O) groups excluding carboxylic acids is 1. The lowest BCUT2D eigenvalue weighted by molar-refractivity contribution is -0.131. The molecule has 1 N–H and O–H groups in total. The van der Waals surface area contributed by atoms with E-state index in [1.165, 1.54) is 5.69 Å². The lowest BCUT2D eigenvalue weighted by Gasteiger charge is -2.27. The first-order valence-corrected chi connectivity index (χ1v) is 8.58. The molecule has 0 fully saturated rings. The predicted molar refractivity (Wildman–Crippen MR) is 90.5 cm³/mol. The maximum absolute atomic E-state index is 12.4. The number of amides is 1. The maximum atomic E-state index is 12.4. The molecule has 21 heavy (non-hydrogen) atoms. The molecule has 0 saturated heterocycles. The molecule has 1 aliphatic rings. The Morgan fingerprint density at radius 3 is 2.71 bits per heavy atom. The topological polar surface area (TPSA) is 36.1 Å². The number of carbonyl (C=O) groups is 1. The third-order valence-electron chi connectivity index (χ3n) is 3.68. The van der Waals surface area contributed by atoms with E-state index >= 15 is 0 Å². The van der Waals surface area contributed by atoms with Gasteiger partial charge in [-0.1, -0.05) is 23.7 Å². The average molecular weight is 433 g/mol. The number of hydrogen-bond donors (Lipinski definition) is 1. The first-order valence-electron chi connectivity index (χ1n) is 6.61. The van der Waals surface area contributed by atoms with E-state index in [9.17, 15) is 4.79 Å². The highest BCUT2D eigenvalue weighted by atomic mass is 79.9. The molecule has 2 aromatic rings. The van der Waals surface area contributed by atoms with Gasteiger partial charge in [-0.2, -0.15) is 0 Å². The molecule has 3 nitrogen and oxygen atoms in total. The van der Waals surface area contributed by atoms with Crippen LogP contribution in [0, 0.1) is 0 Å². The molecule has 0 saturated carbocycles. The second kappa shape index (κ2) is 6.15. The van der Waals surface area contributed by atoms with Crippen molar-refractivity contribution >= 4 is 49.4 Å². The molecule has 0 spiro atoms. The summed E-state index contributed by atoms with van der Waals surface area (Å²) in [7, 11) is 0. The van der Waals surface area contributed by atoms with E-state index in [1.807, 2.05) is 29.2 Å². The molecule has 3 rings (SSSR count). The standard InChI is InChI=1S/C15H13Br2ClN2O/c16-14-11-8-20(6-5-12(11)19-15(14)17)13(21)7-9-1-3-10(18)4-2-9/h1-4,19H,5-8H2. The number of nitrogens with one attached hydrogen (secondary N) is 1. The minimum atomic E-state index is 0.146. The summed E-state index contributed by atoms with van der Waals surface area (Å²) in [5, 5.41) is 0.690. The monoisotopic (exact) mass is 430 g/mol. The fourth-order valence-electron chi connectivity index (χ4n) is 2.52. The number of nitrogens with zero attached hydrogens (tertiary/aromatic N) is 1. The number of fused-ring (bicyclic) bond motifs is 1. The molecule has 0 bridgehead atoms. The summed E-state index contributed by atoms with van der Waals surface area (Å²) >= 11 is 12.9. The molecule has 6 heteroatoms.